The monoisotopic (exact) mass is 286 g/mol. The Hall–Kier alpha value is -2.63. The van der Waals surface area contributed by atoms with Gasteiger partial charge in [0.25, 0.3) is 0 Å². The van der Waals surface area contributed by atoms with Crippen LogP contribution in [-0.2, 0) is 16.0 Å². The van der Waals surface area contributed by atoms with Gasteiger partial charge < -0.3 is 11.1 Å². The summed E-state index contributed by atoms with van der Waals surface area (Å²) in [4.78, 5) is 22.5. The zero-order chi connectivity index (χ0) is 15.4. The van der Waals surface area contributed by atoms with Gasteiger partial charge in [-0.05, 0) is 26.0 Å². The number of benzene rings is 1. The number of primary amides is 1. The Bertz CT molecular complexity index is 662. The standard InChI is InChI=1S/C15H18N4O2/c1-10-13(8-15(21)17-9-14(16)20)11(2)19(18-10)12-6-4-3-5-7-12/h3-7H,8-9H2,1-2H3,(H2,16,20)(H,17,21). The predicted molar refractivity (Wildman–Crippen MR) is 78.9 cm³/mol. The van der Waals surface area contributed by atoms with Crippen molar-refractivity contribution < 1.29 is 9.59 Å². The Morgan fingerprint density at radius 1 is 1.24 bits per heavy atom. The van der Waals surface area contributed by atoms with E-state index in [0.29, 0.717) is 0 Å². The first-order valence-electron chi connectivity index (χ1n) is 6.64. The molecule has 0 atom stereocenters. The average Bonchev–Trinajstić information content (AvgIpc) is 2.74. The van der Waals surface area contributed by atoms with Gasteiger partial charge in [0.2, 0.25) is 11.8 Å². The Morgan fingerprint density at radius 3 is 2.52 bits per heavy atom. The molecule has 2 aromatic rings. The van der Waals surface area contributed by atoms with Gasteiger partial charge in [0.05, 0.1) is 24.3 Å². The fourth-order valence-electron chi connectivity index (χ4n) is 2.16. The van der Waals surface area contributed by atoms with Crippen LogP contribution in [0.1, 0.15) is 17.0 Å². The van der Waals surface area contributed by atoms with Gasteiger partial charge in [0.15, 0.2) is 0 Å². The number of aromatic nitrogens is 2. The Kier molecular flexibility index (Phi) is 4.37. The summed E-state index contributed by atoms with van der Waals surface area (Å²) >= 11 is 0. The van der Waals surface area contributed by atoms with Crippen molar-refractivity contribution in [1.82, 2.24) is 15.1 Å². The van der Waals surface area contributed by atoms with E-state index in [1.165, 1.54) is 0 Å². The second-order valence-corrected chi connectivity index (χ2v) is 4.82. The molecule has 0 aliphatic heterocycles. The van der Waals surface area contributed by atoms with Gasteiger partial charge in [0, 0.05) is 11.3 Å². The van der Waals surface area contributed by atoms with E-state index >= 15 is 0 Å². The molecular weight excluding hydrogens is 268 g/mol. The first-order valence-corrected chi connectivity index (χ1v) is 6.64. The van der Waals surface area contributed by atoms with Crippen molar-refractivity contribution in [2.75, 3.05) is 6.54 Å². The molecule has 110 valence electrons. The van der Waals surface area contributed by atoms with Crippen LogP contribution in [0.25, 0.3) is 5.69 Å². The zero-order valence-electron chi connectivity index (χ0n) is 12.1. The summed E-state index contributed by atoms with van der Waals surface area (Å²) in [7, 11) is 0. The van der Waals surface area contributed by atoms with Crippen LogP contribution in [0.3, 0.4) is 0 Å². The predicted octanol–water partition coefficient (Wildman–Crippen LogP) is 0.633. The SMILES string of the molecule is Cc1nn(-c2ccccc2)c(C)c1CC(=O)NCC(N)=O. The number of carbonyl (C=O) groups excluding carboxylic acids is 2. The minimum atomic E-state index is -0.559. The van der Waals surface area contributed by atoms with Crippen molar-refractivity contribution in [2.45, 2.75) is 20.3 Å². The molecule has 3 N–H and O–H groups in total. The maximum atomic E-state index is 11.8. The number of nitrogens with two attached hydrogens (primary N) is 1. The molecule has 1 heterocycles. The lowest BCUT2D eigenvalue weighted by Crippen LogP contribution is -2.34. The van der Waals surface area contributed by atoms with E-state index in [-0.39, 0.29) is 18.9 Å². The van der Waals surface area contributed by atoms with Crippen LogP contribution in [0.5, 0.6) is 0 Å². The van der Waals surface area contributed by atoms with Crippen LogP contribution in [0, 0.1) is 13.8 Å². The Labute approximate surface area is 122 Å². The highest BCUT2D eigenvalue weighted by molar-refractivity contribution is 5.85. The van der Waals surface area contributed by atoms with Gasteiger partial charge in [-0.15, -0.1) is 0 Å². The van der Waals surface area contributed by atoms with Crippen molar-refractivity contribution >= 4 is 11.8 Å². The van der Waals surface area contributed by atoms with Crippen molar-refractivity contribution in [3.05, 3.63) is 47.3 Å². The van der Waals surface area contributed by atoms with Crippen molar-refractivity contribution in [3.63, 3.8) is 0 Å². The number of amides is 2. The van der Waals surface area contributed by atoms with Gasteiger partial charge in [0.1, 0.15) is 0 Å². The lowest BCUT2D eigenvalue weighted by atomic mass is 10.1. The largest absolute Gasteiger partial charge is 0.368 e. The van der Waals surface area contributed by atoms with Crippen LogP contribution in [-0.4, -0.2) is 28.1 Å². The first-order chi connectivity index (χ1) is 9.99. The third kappa shape index (κ3) is 3.47. The number of hydrogen-bond donors (Lipinski definition) is 2. The summed E-state index contributed by atoms with van der Waals surface area (Å²) in [6.07, 6.45) is 0.178. The fraction of sp³-hybridized carbons (Fsp3) is 0.267. The number of nitrogens with zero attached hydrogens (tertiary/aromatic N) is 2. The summed E-state index contributed by atoms with van der Waals surface area (Å²) < 4.78 is 1.81. The van der Waals surface area contributed by atoms with E-state index in [2.05, 4.69) is 10.4 Å². The Morgan fingerprint density at radius 2 is 1.90 bits per heavy atom. The molecule has 0 bridgehead atoms. The summed E-state index contributed by atoms with van der Waals surface area (Å²) in [6, 6.07) is 9.72. The van der Waals surface area contributed by atoms with Gasteiger partial charge in [-0.2, -0.15) is 5.10 Å². The van der Waals surface area contributed by atoms with Crippen LogP contribution >= 0.6 is 0 Å². The number of hydrogen-bond acceptors (Lipinski definition) is 3. The summed E-state index contributed by atoms with van der Waals surface area (Å²) in [5, 5.41) is 6.96. The topological polar surface area (TPSA) is 90.0 Å². The molecule has 0 saturated heterocycles. The molecule has 0 saturated carbocycles. The van der Waals surface area contributed by atoms with Crippen molar-refractivity contribution in [3.8, 4) is 5.69 Å². The molecule has 6 heteroatoms. The van der Waals surface area contributed by atoms with Gasteiger partial charge >= 0.3 is 0 Å². The number of carbonyl (C=O) groups is 2. The van der Waals surface area contributed by atoms with Gasteiger partial charge in [-0.1, -0.05) is 18.2 Å². The fourth-order valence-corrected chi connectivity index (χ4v) is 2.16. The van der Waals surface area contributed by atoms with Crippen molar-refractivity contribution in [2.24, 2.45) is 5.73 Å². The number of rotatable bonds is 5. The summed E-state index contributed by atoms with van der Waals surface area (Å²) in [6.45, 7) is 3.64. The van der Waals surface area contributed by atoms with E-state index in [0.717, 1.165) is 22.6 Å². The van der Waals surface area contributed by atoms with Crippen molar-refractivity contribution in [1.29, 1.82) is 0 Å². The van der Waals surface area contributed by atoms with E-state index in [1.807, 2.05) is 48.9 Å². The zero-order valence-corrected chi connectivity index (χ0v) is 12.1. The van der Waals surface area contributed by atoms with Crippen LogP contribution in [0.15, 0.2) is 30.3 Å². The summed E-state index contributed by atoms with van der Waals surface area (Å²) in [5.74, 6) is -0.801. The number of nitrogens with one attached hydrogen (secondary N) is 1. The molecule has 0 aliphatic rings. The van der Waals surface area contributed by atoms with Crippen LogP contribution < -0.4 is 11.1 Å². The minimum Gasteiger partial charge on any atom is -0.368 e. The van der Waals surface area contributed by atoms with E-state index in [9.17, 15) is 9.59 Å². The lowest BCUT2D eigenvalue weighted by molar-refractivity contribution is -0.124. The molecular formula is C15H18N4O2. The molecule has 0 radical (unpaired) electrons. The van der Waals surface area contributed by atoms with Crippen LogP contribution in [0.4, 0.5) is 0 Å². The molecule has 0 spiro atoms. The molecule has 1 aromatic heterocycles. The Balaban J connectivity index is 2.20. The van der Waals surface area contributed by atoms with Gasteiger partial charge in [-0.3, -0.25) is 9.59 Å². The first kappa shape index (κ1) is 14.8. The van der Waals surface area contributed by atoms with Crippen LogP contribution in [0.2, 0.25) is 0 Å². The highest BCUT2D eigenvalue weighted by Gasteiger charge is 2.15. The molecule has 0 unspecified atom stereocenters. The molecule has 2 amide bonds. The maximum Gasteiger partial charge on any atom is 0.236 e. The molecule has 0 aliphatic carbocycles. The highest BCUT2D eigenvalue weighted by Crippen LogP contribution is 2.18. The highest BCUT2D eigenvalue weighted by atomic mass is 16.2. The quantitative estimate of drug-likeness (QED) is 0.845. The molecule has 0 fully saturated rings. The second kappa shape index (κ2) is 6.21. The maximum absolute atomic E-state index is 11.8. The number of aryl methyl sites for hydroxylation is 1. The smallest absolute Gasteiger partial charge is 0.236 e. The normalized spacial score (nSPS) is 10.4. The molecule has 21 heavy (non-hydrogen) atoms. The van der Waals surface area contributed by atoms with E-state index in [4.69, 9.17) is 5.73 Å². The number of para-hydroxylation sites is 1. The average molecular weight is 286 g/mol. The van der Waals surface area contributed by atoms with E-state index in [1.54, 1.807) is 0 Å². The minimum absolute atomic E-state index is 0.149. The molecule has 6 nitrogen and oxygen atoms in total. The lowest BCUT2D eigenvalue weighted by Gasteiger charge is -2.05. The van der Waals surface area contributed by atoms with E-state index < -0.39 is 5.91 Å². The molecule has 1 aromatic carbocycles. The molecule has 2 rings (SSSR count). The summed E-state index contributed by atoms with van der Waals surface area (Å²) in [5.41, 5.74) is 8.52. The third-order valence-electron chi connectivity index (χ3n) is 3.24. The second-order valence-electron chi connectivity index (χ2n) is 4.82. The van der Waals surface area contributed by atoms with Gasteiger partial charge in [-0.25, -0.2) is 4.68 Å². The third-order valence-corrected chi connectivity index (χ3v) is 3.24.